The van der Waals surface area contributed by atoms with Gasteiger partial charge in [-0.25, -0.2) is 0 Å². The van der Waals surface area contributed by atoms with E-state index >= 15 is 0 Å². The summed E-state index contributed by atoms with van der Waals surface area (Å²) in [6.45, 7) is 9.66. The molecule has 0 aromatic rings. The van der Waals surface area contributed by atoms with E-state index in [9.17, 15) is 0 Å². The summed E-state index contributed by atoms with van der Waals surface area (Å²) in [7, 11) is 0. The van der Waals surface area contributed by atoms with Gasteiger partial charge in [0.05, 0.1) is 0 Å². The van der Waals surface area contributed by atoms with Gasteiger partial charge in [0.1, 0.15) is 0 Å². The highest BCUT2D eigenvalue weighted by Crippen LogP contribution is 2.23. The first-order valence-electron chi connectivity index (χ1n) is 9.20. The average molecular weight is 279 g/mol. The van der Waals surface area contributed by atoms with Crippen LogP contribution in [0.25, 0.3) is 0 Å². The van der Waals surface area contributed by atoms with Gasteiger partial charge in [-0.05, 0) is 0 Å². The summed E-state index contributed by atoms with van der Waals surface area (Å²) in [5, 5.41) is 0. The summed E-state index contributed by atoms with van der Waals surface area (Å²) in [5.74, 6) is 0. The molecule has 1 heteroatoms. The van der Waals surface area contributed by atoms with Crippen LogP contribution in [0.15, 0.2) is 0 Å². The molecule has 112 valence electrons. The molecule has 0 aliphatic heterocycles. The third-order valence-electron chi connectivity index (χ3n) is 4.41. The van der Waals surface area contributed by atoms with Crippen molar-refractivity contribution in [2.45, 2.75) is 113 Å². The molecule has 2 unspecified atom stereocenters. The van der Waals surface area contributed by atoms with Crippen LogP contribution >= 0.6 is 0 Å². The molecule has 0 N–H and O–H groups in total. The second-order valence-corrected chi connectivity index (χ2v) is 10.1. The minimum Gasteiger partial charge on any atom is -0.137 e. The average Bonchev–Trinajstić information content (AvgIpc) is 2.38. The summed E-state index contributed by atoms with van der Waals surface area (Å²) in [6, 6.07) is 0. The molecular formula is C18H38Mg. The number of hydrogen-bond acceptors (Lipinski definition) is 0. The molecule has 0 saturated heterocycles. The molecule has 0 spiro atoms. The van der Waals surface area contributed by atoms with Gasteiger partial charge in [0.25, 0.3) is 0 Å². The normalized spacial score (nSPS) is 14.1. The van der Waals surface area contributed by atoms with Gasteiger partial charge in [-0.1, -0.05) is 105 Å². The number of hydrogen-bond donors (Lipinski definition) is 0. The van der Waals surface area contributed by atoms with E-state index in [1.807, 2.05) is 0 Å². The van der Waals surface area contributed by atoms with E-state index in [1.165, 1.54) is 77.0 Å². The van der Waals surface area contributed by atoms with Crippen molar-refractivity contribution in [3.8, 4) is 0 Å². The van der Waals surface area contributed by atoms with Crippen molar-refractivity contribution in [1.29, 1.82) is 0 Å². The van der Waals surface area contributed by atoms with Crippen LogP contribution < -0.4 is 0 Å². The van der Waals surface area contributed by atoms with Crippen molar-refractivity contribution < 1.29 is 0 Å². The van der Waals surface area contributed by atoms with Crippen LogP contribution in [0.5, 0.6) is 0 Å². The fraction of sp³-hybridized carbons (Fsp3) is 1.00. The highest BCUT2D eigenvalue weighted by molar-refractivity contribution is 6.39. The summed E-state index contributed by atoms with van der Waals surface area (Å²) in [6.07, 6.45) is 17.6. The van der Waals surface area contributed by atoms with Gasteiger partial charge in [-0.2, -0.15) is 0 Å². The van der Waals surface area contributed by atoms with E-state index in [0.29, 0.717) is 0 Å². The van der Waals surface area contributed by atoms with Crippen LogP contribution in [0.3, 0.4) is 0 Å². The minimum absolute atomic E-state index is 0.181. The molecule has 0 saturated carbocycles. The smallest absolute Gasteiger partial charge is 0.137 e. The first kappa shape index (κ1) is 19.8. The van der Waals surface area contributed by atoms with Crippen LogP contribution in [0.4, 0.5) is 0 Å². The van der Waals surface area contributed by atoms with Crippen LogP contribution in [-0.2, 0) is 0 Å². The Morgan fingerprint density at radius 1 is 0.579 bits per heavy atom. The van der Waals surface area contributed by atoms with Crippen molar-refractivity contribution in [2.24, 2.45) is 0 Å². The highest BCUT2D eigenvalue weighted by atomic mass is 24.5. The molecule has 19 heavy (non-hydrogen) atoms. The monoisotopic (exact) mass is 278 g/mol. The Balaban J connectivity index is 3.34. The van der Waals surface area contributed by atoms with E-state index in [0.717, 1.165) is 8.09 Å². The maximum absolute atomic E-state index is 2.53. The minimum atomic E-state index is 0.181. The van der Waals surface area contributed by atoms with Crippen molar-refractivity contribution in [3.05, 3.63) is 0 Å². The molecule has 0 aromatic heterocycles. The summed E-state index contributed by atoms with van der Waals surface area (Å²) in [4.78, 5) is 0. The quantitative estimate of drug-likeness (QED) is 0.236. The van der Waals surface area contributed by atoms with Gasteiger partial charge in [0, 0.05) is 0 Å². The zero-order valence-corrected chi connectivity index (χ0v) is 15.8. The molecule has 0 aliphatic rings. The lowest BCUT2D eigenvalue weighted by molar-refractivity contribution is 0.585. The van der Waals surface area contributed by atoms with E-state index < -0.39 is 0 Å². The van der Waals surface area contributed by atoms with Gasteiger partial charge < -0.3 is 0 Å². The lowest BCUT2D eigenvalue weighted by atomic mass is 10.1. The molecule has 0 aromatic carbocycles. The Morgan fingerprint density at radius 2 is 0.947 bits per heavy atom. The molecule has 0 amide bonds. The zero-order chi connectivity index (χ0) is 14.3. The molecule has 0 radical (unpaired) electrons. The fourth-order valence-corrected chi connectivity index (χ4v) is 5.54. The second-order valence-electron chi connectivity index (χ2n) is 6.85. The van der Waals surface area contributed by atoms with Crippen LogP contribution in [0.1, 0.15) is 105 Å². The molecule has 0 fully saturated rings. The Kier molecular flexibility index (Phi) is 15.8. The van der Waals surface area contributed by atoms with Crippen molar-refractivity contribution in [3.63, 3.8) is 0 Å². The molecule has 0 aliphatic carbocycles. The number of rotatable bonds is 14. The summed E-state index contributed by atoms with van der Waals surface area (Å²) in [5.41, 5.74) is 0. The van der Waals surface area contributed by atoms with Crippen LogP contribution in [0, 0.1) is 0 Å². The van der Waals surface area contributed by atoms with Gasteiger partial charge >= 0.3 is 20.4 Å². The zero-order valence-electron chi connectivity index (χ0n) is 14.3. The third-order valence-corrected chi connectivity index (χ3v) is 6.83. The Labute approximate surface area is 133 Å². The molecule has 0 bridgehead atoms. The van der Waals surface area contributed by atoms with Crippen LogP contribution in [-0.4, -0.2) is 20.4 Å². The summed E-state index contributed by atoms with van der Waals surface area (Å²) < 4.78 is 2.18. The topological polar surface area (TPSA) is 0 Å². The second kappa shape index (κ2) is 15.2. The maximum Gasteiger partial charge on any atom is 0.372 e. The summed E-state index contributed by atoms with van der Waals surface area (Å²) >= 11 is 0.181. The lowest BCUT2D eigenvalue weighted by Crippen LogP contribution is -2.06. The van der Waals surface area contributed by atoms with E-state index in [1.54, 1.807) is 0 Å². The van der Waals surface area contributed by atoms with Crippen molar-refractivity contribution in [2.75, 3.05) is 0 Å². The van der Waals surface area contributed by atoms with Crippen molar-refractivity contribution in [1.82, 2.24) is 0 Å². The first-order valence-corrected chi connectivity index (χ1v) is 10.8. The number of unbranched alkanes of at least 4 members (excludes halogenated alkanes) is 8. The van der Waals surface area contributed by atoms with Crippen molar-refractivity contribution >= 4 is 20.4 Å². The predicted molar refractivity (Wildman–Crippen MR) is 91.4 cm³/mol. The fourth-order valence-electron chi connectivity index (χ4n) is 3.12. The molecule has 2 atom stereocenters. The first-order chi connectivity index (χ1) is 9.20. The Hall–Kier alpha value is 0.766. The SMILES string of the molecule is CCCCCCC[CH](C)[Mg][CH](C)CCCCCCC. The Morgan fingerprint density at radius 3 is 1.32 bits per heavy atom. The molecule has 0 heterocycles. The van der Waals surface area contributed by atoms with Gasteiger partial charge in [-0.15, -0.1) is 8.09 Å². The van der Waals surface area contributed by atoms with Gasteiger partial charge in [0.2, 0.25) is 0 Å². The van der Waals surface area contributed by atoms with E-state index in [4.69, 9.17) is 0 Å². The third kappa shape index (κ3) is 15.0. The lowest BCUT2D eigenvalue weighted by Gasteiger charge is -2.15. The Bertz CT molecular complexity index is 149. The molecule has 0 nitrogen and oxygen atoms in total. The standard InChI is InChI=1S/2C9H19.Mg/c2*1-3-5-7-9-8-6-4-2;/h2*3H,4-9H2,1-2H3;. The van der Waals surface area contributed by atoms with Gasteiger partial charge in [0.15, 0.2) is 0 Å². The van der Waals surface area contributed by atoms with E-state index in [2.05, 4.69) is 27.7 Å². The largest absolute Gasteiger partial charge is 0.372 e. The van der Waals surface area contributed by atoms with Gasteiger partial charge in [-0.3, -0.25) is 0 Å². The molecule has 0 rings (SSSR count). The maximum atomic E-state index is 2.53. The molecular weight excluding hydrogens is 241 g/mol. The van der Waals surface area contributed by atoms with Crippen LogP contribution in [0.2, 0.25) is 8.09 Å². The highest BCUT2D eigenvalue weighted by Gasteiger charge is 2.12. The predicted octanol–water partition coefficient (Wildman–Crippen LogP) is 7.03. The van der Waals surface area contributed by atoms with E-state index in [-0.39, 0.29) is 20.4 Å².